The molecule has 2 heterocycles. The third kappa shape index (κ3) is 2.95. The maximum absolute atomic E-state index is 6.38. The van der Waals surface area contributed by atoms with Crippen molar-refractivity contribution in [1.82, 2.24) is 14.5 Å². The van der Waals surface area contributed by atoms with E-state index in [1.165, 1.54) is 37.0 Å². The number of halogens is 1. The molecule has 1 fully saturated rings. The maximum Gasteiger partial charge on any atom is 0.127 e. The minimum Gasteiger partial charge on any atom is -0.326 e. The molecule has 114 valence electrons. The summed E-state index contributed by atoms with van der Waals surface area (Å²) < 4.78 is 2.36. The molecule has 1 aliphatic heterocycles. The van der Waals surface area contributed by atoms with E-state index in [1.807, 2.05) is 6.92 Å². The summed E-state index contributed by atoms with van der Waals surface area (Å²) in [5.41, 5.74) is 3.57. The van der Waals surface area contributed by atoms with Gasteiger partial charge in [-0.2, -0.15) is 0 Å². The average Bonchev–Trinajstić information content (AvgIpc) is 2.82. The zero-order valence-corrected chi connectivity index (χ0v) is 13.9. The molecule has 0 amide bonds. The van der Waals surface area contributed by atoms with Gasteiger partial charge in [-0.1, -0.05) is 12.1 Å². The van der Waals surface area contributed by atoms with E-state index in [9.17, 15) is 0 Å². The van der Waals surface area contributed by atoms with E-state index in [-0.39, 0.29) is 5.38 Å². The van der Waals surface area contributed by atoms with Crippen LogP contribution in [0.4, 0.5) is 0 Å². The van der Waals surface area contributed by atoms with Crippen LogP contribution in [0.15, 0.2) is 18.2 Å². The highest BCUT2D eigenvalue weighted by molar-refractivity contribution is 6.20. The van der Waals surface area contributed by atoms with Crippen LogP contribution in [0.5, 0.6) is 0 Å². The van der Waals surface area contributed by atoms with Crippen molar-refractivity contribution in [2.75, 3.05) is 20.1 Å². The van der Waals surface area contributed by atoms with Crippen LogP contribution in [0.2, 0.25) is 0 Å². The molecule has 3 nitrogen and oxygen atoms in total. The van der Waals surface area contributed by atoms with Crippen molar-refractivity contribution in [1.29, 1.82) is 0 Å². The lowest BCUT2D eigenvalue weighted by atomic mass is 9.97. The number of rotatable bonds is 3. The summed E-state index contributed by atoms with van der Waals surface area (Å²) in [4.78, 5) is 7.23. The number of para-hydroxylation sites is 1. The van der Waals surface area contributed by atoms with Crippen LogP contribution in [-0.4, -0.2) is 34.6 Å². The van der Waals surface area contributed by atoms with Gasteiger partial charge < -0.3 is 9.47 Å². The summed E-state index contributed by atoms with van der Waals surface area (Å²) >= 11 is 6.38. The largest absolute Gasteiger partial charge is 0.326 e. The Balaban J connectivity index is 1.96. The summed E-state index contributed by atoms with van der Waals surface area (Å²) in [6, 6.07) is 6.41. The van der Waals surface area contributed by atoms with Gasteiger partial charge in [-0.05, 0) is 64.4 Å². The van der Waals surface area contributed by atoms with E-state index >= 15 is 0 Å². The summed E-state index contributed by atoms with van der Waals surface area (Å²) in [6.45, 7) is 7.57. The smallest absolute Gasteiger partial charge is 0.127 e. The van der Waals surface area contributed by atoms with E-state index in [4.69, 9.17) is 16.6 Å². The molecule has 1 saturated heterocycles. The zero-order valence-electron chi connectivity index (χ0n) is 13.1. The summed E-state index contributed by atoms with van der Waals surface area (Å²) in [6.07, 6.45) is 2.52. The molecule has 1 aliphatic rings. The topological polar surface area (TPSA) is 21.1 Å². The molecule has 0 N–H and O–H groups in total. The van der Waals surface area contributed by atoms with Crippen molar-refractivity contribution in [2.45, 2.75) is 38.6 Å². The molecule has 1 atom stereocenters. The molecule has 21 heavy (non-hydrogen) atoms. The van der Waals surface area contributed by atoms with Crippen LogP contribution in [0, 0.1) is 12.8 Å². The summed E-state index contributed by atoms with van der Waals surface area (Å²) in [5.74, 6) is 1.74. The average molecular weight is 306 g/mol. The predicted molar refractivity (Wildman–Crippen MR) is 89.0 cm³/mol. The third-order valence-corrected chi connectivity index (χ3v) is 4.84. The van der Waals surface area contributed by atoms with E-state index in [2.05, 4.69) is 41.6 Å². The number of alkyl halides is 1. The van der Waals surface area contributed by atoms with Gasteiger partial charge >= 0.3 is 0 Å². The first-order valence-corrected chi connectivity index (χ1v) is 8.28. The normalized spacial score (nSPS) is 19.2. The van der Waals surface area contributed by atoms with Crippen molar-refractivity contribution >= 4 is 22.6 Å². The fourth-order valence-electron chi connectivity index (χ4n) is 3.30. The molecule has 1 unspecified atom stereocenters. The van der Waals surface area contributed by atoms with Crippen molar-refractivity contribution in [3.05, 3.63) is 29.6 Å². The van der Waals surface area contributed by atoms with Crippen molar-refractivity contribution in [3.8, 4) is 0 Å². The second kappa shape index (κ2) is 5.98. The molecular weight excluding hydrogens is 282 g/mol. The van der Waals surface area contributed by atoms with Crippen molar-refractivity contribution < 1.29 is 0 Å². The highest BCUT2D eigenvalue weighted by atomic mass is 35.5. The van der Waals surface area contributed by atoms with Crippen LogP contribution >= 0.6 is 11.6 Å². The Morgan fingerprint density at radius 2 is 2.05 bits per heavy atom. The lowest BCUT2D eigenvalue weighted by Gasteiger charge is -2.29. The number of piperidine rings is 1. The number of likely N-dealkylation sites (tertiary alicyclic amines) is 1. The Labute approximate surface area is 131 Å². The molecule has 0 saturated carbocycles. The minimum atomic E-state index is -0.0527. The lowest BCUT2D eigenvalue weighted by molar-refractivity contribution is 0.205. The van der Waals surface area contributed by atoms with E-state index in [0.29, 0.717) is 0 Å². The van der Waals surface area contributed by atoms with Gasteiger partial charge in [0.2, 0.25) is 0 Å². The molecule has 2 aromatic rings. The van der Waals surface area contributed by atoms with Crippen LogP contribution in [0.3, 0.4) is 0 Å². The summed E-state index contributed by atoms with van der Waals surface area (Å²) in [7, 11) is 2.21. The first-order valence-electron chi connectivity index (χ1n) is 7.84. The molecule has 1 aromatic carbocycles. The van der Waals surface area contributed by atoms with Gasteiger partial charge in [0, 0.05) is 6.54 Å². The van der Waals surface area contributed by atoms with Gasteiger partial charge in [-0.15, -0.1) is 11.6 Å². The Morgan fingerprint density at radius 1 is 1.33 bits per heavy atom. The molecule has 0 aliphatic carbocycles. The SMILES string of the molecule is Cc1cccc2c1nc(C(C)Cl)n2CC1CCN(C)CC1. The molecule has 0 bridgehead atoms. The molecule has 1 aromatic heterocycles. The van der Waals surface area contributed by atoms with E-state index in [0.717, 1.165) is 23.8 Å². The number of fused-ring (bicyclic) bond motifs is 1. The van der Waals surface area contributed by atoms with Gasteiger partial charge in [-0.25, -0.2) is 4.98 Å². The Hall–Kier alpha value is -1.06. The maximum atomic E-state index is 6.38. The molecule has 0 spiro atoms. The predicted octanol–water partition coefficient (Wildman–Crippen LogP) is 3.99. The van der Waals surface area contributed by atoms with Gasteiger partial charge in [0.25, 0.3) is 0 Å². The molecule has 4 heteroatoms. The van der Waals surface area contributed by atoms with Gasteiger partial charge in [-0.3, -0.25) is 0 Å². The van der Waals surface area contributed by atoms with Crippen molar-refractivity contribution in [2.24, 2.45) is 5.92 Å². The molecule has 0 radical (unpaired) electrons. The first-order chi connectivity index (χ1) is 10.1. The zero-order chi connectivity index (χ0) is 15.0. The number of hydrogen-bond donors (Lipinski definition) is 0. The number of nitrogens with zero attached hydrogens (tertiary/aromatic N) is 3. The quantitative estimate of drug-likeness (QED) is 0.800. The second-order valence-corrected chi connectivity index (χ2v) is 7.04. The van der Waals surface area contributed by atoms with E-state index < -0.39 is 0 Å². The van der Waals surface area contributed by atoms with Gasteiger partial charge in [0.05, 0.1) is 16.4 Å². The Morgan fingerprint density at radius 3 is 2.71 bits per heavy atom. The standard InChI is InChI=1S/C17H24ClN3/c1-12-5-4-6-15-16(12)19-17(13(2)18)21(15)11-14-7-9-20(3)10-8-14/h4-6,13-14H,7-11H2,1-3H3. The van der Waals surface area contributed by atoms with Gasteiger partial charge in [0.1, 0.15) is 5.82 Å². The number of aryl methyl sites for hydroxylation is 1. The highest BCUT2D eigenvalue weighted by Crippen LogP contribution is 2.29. The number of benzene rings is 1. The fraction of sp³-hybridized carbons (Fsp3) is 0.588. The number of imidazole rings is 1. The fourth-order valence-corrected chi connectivity index (χ4v) is 3.47. The summed E-state index contributed by atoms with van der Waals surface area (Å²) in [5, 5.41) is -0.0527. The lowest BCUT2D eigenvalue weighted by Crippen LogP contribution is -2.32. The second-order valence-electron chi connectivity index (χ2n) is 6.39. The van der Waals surface area contributed by atoms with E-state index in [1.54, 1.807) is 0 Å². The Kier molecular flexibility index (Phi) is 4.23. The Bertz CT molecular complexity index is 624. The number of aromatic nitrogens is 2. The first kappa shape index (κ1) is 14.9. The van der Waals surface area contributed by atoms with Crippen LogP contribution in [0.25, 0.3) is 11.0 Å². The molecule has 3 rings (SSSR count). The molecular formula is C17H24ClN3. The third-order valence-electron chi connectivity index (χ3n) is 4.64. The van der Waals surface area contributed by atoms with Crippen molar-refractivity contribution in [3.63, 3.8) is 0 Å². The number of hydrogen-bond acceptors (Lipinski definition) is 2. The van der Waals surface area contributed by atoms with Crippen LogP contribution in [0.1, 0.15) is 36.5 Å². The van der Waals surface area contributed by atoms with Crippen LogP contribution in [-0.2, 0) is 6.54 Å². The van der Waals surface area contributed by atoms with Crippen LogP contribution < -0.4 is 0 Å². The van der Waals surface area contributed by atoms with Gasteiger partial charge in [0.15, 0.2) is 0 Å². The highest BCUT2D eigenvalue weighted by Gasteiger charge is 2.21. The monoisotopic (exact) mass is 305 g/mol. The minimum absolute atomic E-state index is 0.0527.